The molecule has 11 heavy (non-hydrogen) atoms. The molecule has 1 saturated heterocycles. The van der Waals surface area contributed by atoms with Gasteiger partial charge in [-0.3, -0.25) is 4.79 Å². The average Bonchev–Trinajstić information content (AvgIpc) is 2.11. The molecule has 0 spiro atoms. The maximum absolute atomic E-state index is 11.9. The number of halogens is 3. The molecule has 0 radical (unpaired) electrons. The van der Waals surface area contributed by atoms with E-state index in [9.17, 15) is 18.0 Å². The topological polar surface area (TPSA) is 20.3 Å². The van der Waals surface area contributed by atoms with Gasteiger partial charge < -0.3 is 4.90 Å². The molecule has 2 nitrogen and oxygen atoms in total. The molecule has 0 aromatic rings. The molecule has 1 fully saturated rings. The molecule has 5 heteroatoms. The predicted octanol–water partition coefficient (Wildman–Crippen LogP) is 1.03. The molecule has 64 valence electrons. The van der Waals surface area contributed by atoms with Crippen LogP contribution in [-0.2, 0) is 4.79 Å². The van der Waals surface area contributed by atoms with Crippen LogP contribution in [0.5, 0.6) is 0 Å². The van der Waals surface area contributed by atoms with E-state index in [1.165, 1.54) is 7.05 Å². The van der Waals surface area contributed by atoms with E-state index in [-0.39, 0.29) is 13.0 Å². The molecule has 0 bridgehead atoms. The molecule has 0 unspecified atom stereocenters. The largest absolute Gasteiger partial charge is 0.394 e. The van der Waals surface area contributed by atoms with E-state index in [2.05, 4.69) is 0 Å². The van der Waals surface area contributed by atoms with E-state index < -0.39 is 18.0 Å². The highest BCUT2D eigenvalue weighted by Crippen LogP contribution is 2.33. The first-order valence-electron chi connectivity index (χ1n) is 3.22. The first kappa shape index (κ1) is 8.36. The summed E-state index contributed by atoms with van der Waals surface area (Å²) >= 11 is 0. The van der Waals surface area contributed by atoms with E-state index >= 15 is 0 Å². The zero-order valence-corrected chi connectivity index (χ0v) is 5.98. The third-order valence-electron chi connectivity index (χ3n) is 1.80. The van der Waals surface area contributed by atoms with Gasteiger partial charge in [0, 0.05) is 20.0 Å². The molecule has 1 rings (SSSR count). The van der Waals surface area contributed by atoms with Gasteiger partial charge in [0.05, 0.1) is 5.92 Å². The quantitative estimate of drug-likeness (QED) is 0.527. The second kappa shape index (κ2) is 2.39. The molecule has 0 N–H and O–H groups in total. The Labute approximate surface area is 62.0 Å². The number of nitrogens with zero attached hydrogens (tertiary/aromatic N) is 1. The Balaban J connectivity index is 2.61. The number of alkyl halides is 3. The molecule has 1 atom stereocenters. The highest BCUT2D eigenvalue weighted by atomic mass is 19.4. The van der Waals surface area contributed by atoms with Crippen molar-refractivity contribution in [3.8, 4) is 0 Å². The molecule has 1 amide bonds. The van der Waals surface area contributed by atoms with Crippen LogP contribution in [0.15, 0.2) is 0 Å². The van der Waals surface area contributed by atoms with Gasteiger partial charge in [0.1, 0.15) is 0 Å². The van der Waals surface area contributed by atoms with Crippen molar-refractivity contribution in [3.05, 3.63) is 0 Å². The zero-order chi connectivity index (χ0) is 8.65. The summed E-state index contributed by atoms with van der Waals surface area (Å²) in [6.45, 7) is -0.192. The minimum atomic E-state index is -4.22. The number of hydrogen-bond donors (Lipinski definition) is 0. The lowest BCUT2D eigenvalue weighted by Crippen LogP contribution is -2.25. The Hall–Kier alpha value is -0.740. The van der Waals surface area contributed by atoms with E-state index in [4.69, 9.17) is 0 Å². The van der Waals surface area contributed by atoms with Crippen molar-refractivity contribution < 1.29 is 18.0 Å². The summed E-state index contributed by atoms with van der Waals surface area (Å²) in [5, 5.41) is 0. The number of likely N-dealkylation sites (tertiary alicyclic amines) is 1. The van der Waals surface area contributed by atoms with Gasteiger partial charge in [0.25, 0.3) is 0 Å². The van der Waals surface area contributed by atoms with Gasteiger partial charge in [-0.15, -0.1) is 0 Å². The Kier molecular flexibility index (Phi) is 1.82. The Morgan fingerprint density at radius 2 is 2.09 bits per heavy atom. The standard InChI is InChI=1S/C6H8F3NO/c1-10-3-4(2-5(10)11)6(7,8)9/h4H,2-3H2,1H3/t4-/m0/s1. The van der Waals surface area contributed by atoms with Crippen molar-refractivity contribution in [3.63, 3.8) is 0 Å². The Morgan fingerprint density at radius 1 is 1.55 bits per heavy atom. The van der Waals surface area contributed by atoms with E-state index in [1.54, 1.807) is 0 Å². The smallest absolute Gasteiger partial charge is 0.345 e. The number of carbonyl (C=O) groups is 1. The normalized spacial score (nSPS) is 26.4. The van der Waals surface area contributed by atoms with Crippen molar-refractivity contribution in [2.75, 3.05) is 13.6 Å². The Morgan fingerprint density at radius 3 is 2.27 bits per heavy atom. The molecule has 0 aromatic heterocycles. The number of hydrogen-bond acceptors (Lipinski definition) is 1. The second-order valence-corrected chi connectivity index (χ2v) is 2.72. The van der Waals surface area contributed by atoms with Gasteiger partial charge in [-0.05, 0) is 0 Å². The summed E-state index contributed by atoms with van der Waals surface area (Å²) < 4.78 is 35.8. The van der Waals surface area contributed by atoms with Gasteiger partial charge in [-0.1, -0.05) is 0 Å². The average molecular weight is 167 g/mol. The molecular formula is C6H8F3NO. The van der Waals surface area contributed by atoms with Crippen LogP contribution in [0.3, 0.4) is 0 Å². The maximum Gasteiger partial charge on any atom is 0.394 e. The van der Waals surface area contributed by atoms with Crippen LogP contribution in [0.25, 0.3) is 0 Å². The summed E-state index contributed by atoms with van der Waals surface area (Å²) in [6.07, 6.45) is -4.61. The summed E-state index contributed by atoms with van der Waals surface area (Å²) in [5.74, 6) is -1.88. The molecule has 0 aromatic carbocycles. The zero-order valence-electron chi connectivity index (χ0n) is 5.98. The lowest BCUT2D eigenvalue weighted by molar-refractivity contribution is -0.170. The van der Waals surface area contributed by atoms with Gasteiger partial charge in [0.15, 0.2) is 0 Å². The summed E-state index contributed by atoms with van der Waals surface area (Å²) in [4.78, 5) is 11.8. The van der Waals surface area contributed by atoms with Crippen LogP contribution in [0.2, 0.25) is 0 Å². The van der Waals surface area contributed by atoms with E-state index in [0.717, 1.165) is 4.90 Å². The SMILES string of the molecule is CN1C[C@@H](C(F)(F)F)CC1=O. The van der Waals surface area contributed by atoms with Gasteiger partial charge in [-0.25, -0.2) is 0 Å². The fourth-order valence-corrected chi connectivity index (χ4v) is 1.08. The fourth-order valence-electron chi connectivity index (χ4n) is 1.08. The molecule has 0 saturated carbocycles. The molecular weight excluding hydrogens is 159 g/mol. The Bertz CT molecular complexity index is 177. The fraction of sp³-hybridized carbons (Fsp3) is 0.833. The number of carbonyl (C=O) groups excluding carboxylic acids is 1. The van der Waals surface area contributed by atoms with Crippen molar-refractivity contribution in [1.82, 2.24) is 4.90 Å². The van der Waals surface area contributed by atoms with Gasteiger partial charge in [-0.2, -0.15) is 13.2 Å². The highest BCUT2D eigenvalue weighted by Gasteiger charge is 2.45. The summed E-state index contributed by atoms with van der Waals surface area (Å²) in [6, 6.07) is 0. The second-order valence-electron chi connectivity index (χ2n) is 2.72. The molecule has 1 heterocycles. The summed E-state index contributed by atoms with van der Waals surface area (Å²) in [7, 11) is 1.38. The van der Waals surface area contributed by atoms with Crippen molar-refractivity contribution in [2.45, 2.75) is 12.6 Å². The predicted molar refractivity (Wildman–Crippen MR) is 31.8 cm³/mol. The van der Waals surface area contributed by atoms with Crippen LogP contribution < -0.4 is 0 Å². The van der Waals surface area contributed by atoms with Crippen molar-refractivity contribution in [2.24, 2.45) is 5.92 Å². The minimum absolute atomic E-state index is 0.192. The number of amides is 1. The molecule has 0 aliphatic carbocycles. The third-order valence-corrected chi connectivity index (χ3v) is 1.80. The van der Waals surface area contributed by atoms with Crippen molar-refractivity contribution >= 4 is 5.91 Å². The van der Waals surface area contributed by atoms with E-state index in [0.29, 0.717) is 0 Å². The lowest BCUT2D eigenvalue weighted by atomic mass is 10.1. The number of rotatable bonds is 0. The molecule has 1 aliphatic heterocycles. The van der Waals surface area contributed by atoms with Crippen LogP contribution >= 0.6 is 0 Å². The van der Waals surface area contributed by atoms with Crippen LogP contribution in [0, 0.1) is 5.92 Å². The van der Waals surface area contributed by atoms with E-state index in [1.807, 2.05) is 0 Å². The van der Waals surface area contributed by atoms with Gasteiger partial charge >= 0.3 is 6.18 Å². The van der Waals surface area contributed by atoms with Crippen LogP contribution in [-0.4, -0.2) is 30.6 Å². The van der Waals surface area contributed by atoms with Crippen molar-refractivity contribution in [1.29, 1.82) is 0 Å². The highest BCUT2D eigenvalue weighted by molar-refractivity contribution is 5.78. The first-order chi connectivity index (χ1) is 4.91. The van der Waals surface area contributed by atoms with Crippen LogP contribution in [0.4, 0.5) is 13.2 Å². The van der Waals surface area contributed by atoms with Crippen LogP contribution in [0.1, 0.15) is 6.42 Å². The third kappa shape index (κ3) is 1.64. The first-order valence-corrected chi connectivity index (χ1v) is 3.22. The van der Waals surface area contributed by atoms with Gasteiger partial charge in [0.2, 0.25) is 5.91 Å². The minimum Gasteiger partial charge on any atom is -0.345 e. The molecule has 1 aliphatic rings. The maximum atomic E-state index is 11.9. The summed E-state index contributed by atoms with van der Waals surface area (Å²) in [5.41, 5.74) is 0. The lowest BCUT2D eigenvalue weighted by Gasteiger charge is -2.13. The monoisotopic (exact) mass is 167 g/mol.